The van der Waals surface area contributed by atoms with Gasteiger partial charge in [0.05, 0.1) is 10.8 Å². The fourth-order valence-corrected chi connectivity index (χ4v) is 4.07. The van der Waals surface area contributed by atoms with Crippen LogP contribution in [-0.4, -0.2) is 26.4 Å². The van der Waals surface area contributed by atoms with Crippen LogP contribution in [0.15, 0.2) is 58.2 Å². The Labute approximate surface area is 187 Å². The van der Waals surface area contributed by atoms with E-state index in [1.165, 1.54) is 11.8 Å². The summed E-state index contributed by atoms with van der Waals surface area (Å²) in [5.41, 5.74) is 0.740. The predicted octanol–water partition coefficient (Wildman–Crippen LogP) is 5.58. The normalized spacial score (nSPS) is 11.9. The monoisotopic (exact) mass is 494 g/mol. The van der Waals surface area contributed by atoms with Gasteiger partial charge in [-0.05, 0) is 44.2 Å². The van der Waals surface area contributed by atoms with E-state index >= 15 is 0 Å². The molecule has 1 unspecified atom stereocenters. The lowest BCUT2D eigenvalue weighted by molar-refractivity contribution is -0.113. The van der Waals surface area contributed by atoms with Gasteiger partial charge in [0.15, 0.2) is 17.1 Å². The third kappa shape index (κ3) is 5.74. The highest BCUT2D eigenvalue weighted by Gasteiger charge is 2.20. The van der Waals surface area contributed by atoms with E-state index in [0.717, 1.165) is 10.2 Å². The molecule has 152 valence electrons. The van der Waals surface area contributed by atoms with Crippen LogP contribution >= 0.6 is 39.3 Å². The molecule has 0 radical (unpaired) electrons. The number of halogens is 2. The highest BCUT2D eigenvalue weighted by molar-refractivity contribution is 9.10. The van der Waals surface area contributed by atoms with Crippen molar-refractivity contribution in [3.05, 3.63) is 63.9 Å². The van der Waals surface area contributed by atoms with E-state index in [1.54, 1.807) is 6.07 Å². The van der Waals surface area contributed by atoms with Crippen LogP contribution < -0.4 is 10.1 Å². The second-order valence-corrected chi connectivity index (χ2v) is 8.39. The van der Waals surface area contributed by atoms with Crippen molar-refractivity contribution >= 4 is 50.9 Å². The average Bonchev–Trinajstić information content (AvgIpc) is 3.11. The maximum Gasteiger partial charge on any atom is 0.234 e. The van der Waals surface area contributed by atoms with Gasteiger partial charge in [0.2, 0.25) is 5.91 Å². The SMILES string of the molecule is CCn1c(SCC(=O)Nc2cccc(Br)c2)nnc1C(C)Oc1ccccc1Cl. The van der Waals surface area contributed by atoms with Gasteiger partial charge in [-0.1, -0.05) is 57.5 Å². The summed E-state index contributed by atoms with van der Waals surface area (Å²) in [5.74, 6) is 1.39. The molecule has 1 amide bonds. The lowest BCUT2D eigenvalue weighted by atomic mass is 10.3. The first-order chi connectivity index (χ1) is 14.0. The molecule has 0 aliphatic rings. The van der Waals surface area contributed by atoms with Crippen molar-refractivity contribution in [2.45, 2.75) is 31.7 Å². The van der Waals surface area contributed by atoms with E-state index < -0.39 is 0 Å². The van der Waals surface area contributed by atoms with Gasteiger partial charge in [0, 0.05) is 16.7 Å². The Kier molecular flexibility index (Phi) is 7.57. The van der Waals surface area contributed by atoms with E-state index in [4.69, 9.17) is 16.3 Å². The van der Waals surface area contributed by atoms with Crippen LogP contribution in [0.3, 0.4) is 0 Å². The van der Waals surface area contributed by atoms with Gasteiger partial charge in [-0.25, -0.2) is 0 Å². The topological polar surface area (TPSA) is 69.0 Å². The molecular formula is C20H20BrClN4O2S. The molecular weight excluding hydrogens is 476 g/mol. The quantitative estimate of drug-likeness (QED) is 0.413. The van der Waals surface area contributed by atoms with Crippen molar-refractivity contribution in [2.75, 3.05) is 11.1 Å². The molecule has 0 fully saturated rings. The number of nitrogens with one attached hydrogen (secondary N) is 1. The van der Waals surface area contributed by atoms with Crippen molar-refractivity contribution in [1.82, 2.24) is 14.8 Å². The molecule has 2 aromatic carbocycles. The summed E-state index contributed by atoms with van der Waals surface area (Å²) in [6.07, 6.45) is -0.341. The molecule has 0 spiro atoms. The third-order valence-corrected chi connectivity index (χ3v) is 5.78. The van der Waals surface area contributed by atoms with Crippen LogP contribution in [0, 0.1) is 0 Å². The summed E-state index contributed by atoms with van der Waals surface area (Å²) in [7, 11) is 0. The Bertz CT molecular complexity index is 998. The van der Waals surface area contributed by atoms with E-state index in [-0.39, 0.29) is 17.8 Å². The third-order valence-electron chi connectivity index (χ3n) is 4.01. The summed E-state index contributed by atoms with van der Waals surface area (Å²) >= 11 is 10.9. The molecule has 29 heavy (non-hydrogen) atoms. The van der Waals surface area contributed by atoms with Gasteiger partial charge in [-0.15, -0.1) is 10.2 Å². The minimum absolute atomic E-state index is 0.110. The summed E-state index contributed by atoms with van der Waals surface area (Å²) in [6, 6.07) is 14.8. The number of anilines is 1. The number of benzene rings is 2. The summed E-state index contributed by atoms with van der Waals surface area (Å²) in [5, 5.41) is 12.6. The fraction of sp³-hybridized carbons (Fsp3) is 0.250. The Morgan fingerprint density at radius 1 is 1.28 bits per heavy atom. The van der Waals surface area contributed by atoms with Gasteiger partial charge < -0.3 is 14.6 Å². The van der Waals surface area contributed by atoms with Crippen LogP contribution in [0.5, 0.6) is 5.75 Å². The summed E-state index contributed by atoms with van der Waals surface area (Å²) in [4.78, 5) is 12.3. The average molecular weight is 496 g/mol. The molecule has 3 rings (SSSR count). The lowest BCUT2D eigenvalue weighted by Gasteiger charge is -2.16. The Balaban J connectivity index is 1.64. The fourth-order valence-electron chi connectivity index (χ4n) is 2.68. The molecule has 1 aromatic heterocycles. The Hall–Kier alpha value is -2.03. The number of carbonyl (C=O) groups excluding carboxylic acids is 1. The van der Waals surface area contributed by atoms with Gasteiger partial charge in [0.25, 0.3) is 0 Å². The molecule has 1 N–H and O–H groups in total. The second kappa shape index (κ2) is 10.1. The van der Waals surface area contributed by atoms with Crippen molar-refractivity contribution in [1.29, 1.82) is 0 Å². The maximum atomic E-state index is 12.3. The number of nitrogens with zero attached hydrogens (tertiary/aromatic N) is 3. The van der Waals surface area contributed by atoms with Crippen molar-refractivity contribution < 1.29 is 9.53 Å². The predicted molar refractivity (Wildman–Crippen MR) is 120 cm³/mol. The zero-order chi connectivity index (χ0) is 20.8. The van der Waals surface area contributed by atoms with Crippen molar-refractivity contribution in [3.8, 4) is 5.75 Å². The van der Waals surface area contributed by atoms with E-state index in [0.29, 0.717) is 28.3 Å². The zero-order valence-electron chi connectivity index (χ0n) is 15.9. The minimum atomic E-state index is -0.341. The van der Waals surface area contributed by atoms with Crippen molar-refractivity contribution in [2.24, 2.45) is 0 Å². The largest absolute Gasteiger partial charge is 0.481 e. The minimum Gasteiger partial charge on any atom is -0.481 e. The highest BCUT2D eigenvalue weighted by atomic mass is 79.9. The van der Waals surface area contributed by atoms with Gasteiger partial charge in [0.1, 0.15) is 5.75 Å². The van der Waals surface area contributed by atoms with Crippen LogP contribution in [0.1, 0.15) is 25.8 Å². The molecule has 3 aromatic rings. The summed E-state index contributed by atoms with van der Waals surface area (Å²) in [6.45, 7) is 4.56. The van der Waals surface area contributed by atoms with E-state index in [9.17, 15) is 4.79 Å². The first-order valence-electron chi connectivity index (χ1n) is 9.00. The Morgan fingerprint density at radius 2 is 2.07 bits per heavy atom. The molecule has 0 aliphatic carbocycles. The number of amides is 1. The molecule has 6 nitrogen and oxygen atoms in total. The molecule has 0 saturated carbocycles. The molecule has 1 atom stereocenters. The molecule has 0 aliphatic heterocycles. The number of para-hydroxylation sites is 1. The van der Waals surface area contributed by atoms with Crippen LogP contribution in [0.4, 0.5) is 5.69 Å². The summed E-state index contributed by atoms with van der Waals surface area (Å²) < 4.78 is 8.81. The Morgan fingerprint density at radius 3 is 2.79 bits per heavy atom. The van der Waals surface area contributed by atoms with Crippen LogP contribution in [-0.2, 0) is 11.3 Å². The number of hydrogen-bond acceptors (Lipinski definition) is 5. The van der Waals surface area contributed by atoms with Crippen LogP contribution in [0.2, 0.25) is 5.02 Å². The lowest BCUT2D eigenvalue weighted by Crippen LogP contribution is -2.15. The molecule has 1 heterocycles. The van der Waals surface area contributed by atoms with E-state index in [1.807, 2.05) is 60.9 Å². The maximum absolute atomic E-state index is 12.3. The highest BCUT2D eigenvalue weighted by Crippen LogP contribution is 2.29. The first-order valence-corrected chi connectivity index (χ1v) is 11.2. The van der Waals surface area contributed by atoms with Gasteiger partial charge >= 0.3 is 0 Å². The zero-order valence-corrected chi connectivity index (χ0v) is 19.1. The molecule has 0 saturated heterocycles. The first kappa shape index (κ1) is 21.7. The van der Waals surface area contributed by atoms with E-state index in [2.05, 4.69) is 31.4 Å². The number of rotatable bonds is 8. The number of aromatic nitrogens is 3. The molecule has 0 bridgehead atoms. The number of thioether (sulfide) groups is 1. The smallest absolute Gasteiger partial charge is 0.234 e. The van der Waals surface area contributed by atoms with Crippen LogP contribution in [0.25, 0.3) is 0 Å². The number of hydrogen-bond donors (Lipinski definition) is 1. The van der Waals surface area contributed by atoms with Crippen molar-refractivity contribution in [3.63, 3.8) is 0 Å². The second-order valence-electron chi connectivity index (χ2n) is 6.12. The number of carbonyl (C=O) groups is 1. The standard InChI is InChI=1S/C20H20BrClN4O2S/c1-3-26-19(13(2)28-17-10-5-4-9-16(17)22)24-25-20(26)29-12-18(27)23-15-8-6-7-14(21)11-15/h4-11,13H,3,12H2,1-2H3,(H,23,27). The molecule has 9 heteroatoms. The number of ether oxygens (including phenoxy) is 1. The van der Waals surface area contributed by atoms with Gasteiger partial charge in [-0.3, -0.25) is 4.79 Å². The van der Waals surface area contributed by atoms with Gasteiger partial charge in [-0.2, -0.15) is 0 Å².